The van der Waals surface area contributed by atoms with Gasteiger partial charge in [0.2, 0.25) is 0 Å². The van der Waals surface area contributed by atoms with Crippen molar-refractivity contribution in [1.82, 2.24) is 0 Å². The zero-order chi connectivity index (χ0) is 15.2. The van der Waals surface area contributed by atoms with Crippen LogP contribution in [0.1, 0.15) is 17.3 Å². The van der Waals surface area contributed by atoms with E-state index in [1.165, 1.54) is 19.2 Å². The van der Waals surface area contributed by atoms with E-state index in [2.05, 4.69) is 5.32 Å². The van der Waals surface area contributed by atoms with E-state index in [1.807, 2.05) is 13.0 Å². The molecule has 0 aliphatic rings. The SMILES string of the molecule is CCOc1cccc(NC(=O)c2ccc(OC)cc2O)c1. The lowest BCUT2D eigenvalue weighted by Gasteiger charge is -2.09. The number of phenolic OH excluding ortho intramolecular Hbond substituents is 1. The molecule has 0 heterocycles. The molecule has 0 bridgehead atoms. The fraction of sp³-hybridized carbons (Fsp3) is 0.188. The Labute approximate surface area is 123 Å². The number of benzene rings is 2. The van der Waals surface area contributed by atoms with E-state index in [0.29, 0.717) is 23.8 Å². The zero-order valence-corrected chi connectivity index (χ0v) is 11.9. The second kappa shape index (κ2) is 6.65. The number of ether oxygens (including phenoxy) is 2. The average Bonchev–Trinajstić information content (AvgIpc) is 2.47. The minimum atomic E-state index is -0.399. The van der Waals surface area contributed by atoms with Crippen LogP contribution in [0.5, 0.6) is 17.2 Å². The van der Waals surface area contributed by atoms with E-state index >= 15 is 0 Å². The van der Waals surface area contributed by atoms with Gasteiger partial charge >= 0.3 is 0 Å². The highest BCUT2D eigenvalue weighted by atomic mass is 16.5. The summed E-state index contributed by atoms with van der Waals surface area (Å²) in [6.45, 7) is 2.44. The molecule has 0 aliphatic heterocycles. The standard InChI is InChI=1S/C16H17NO4/c1-3-21-13-6-4-5-11(9-13)17-16(19)14-8-7-12(20-2)10-15(14)18/h4-10,18H,3H2,1-2H3,(H,17,19). The largest absolute Gasteiger partial charge is 0.507 e. The molecule has 2 aromatic rings. The third-order valence-corrected chi connectivity index (χ3v) is 2.85. The van der Waals surface area contributed by atoms with Crippen molar-refractivity contribution < 1.29 is 19.4 Å². The lowest BCUT2D eigenvalue weighted by Crippen LogP contribution is -2.12. The number of hydrogen-bond acceptors (Lipinski definition) is 4. The van der Waals surface area contributed by atoms with Gasteiger partial charge in [-0.05, 0) is 31.2 Å². The third-order valence-electron chi connectivity index (χ3n) is 2.85. The van der Waals surface area contributed by atoms with Crippen molar-refractivity contribution in [3.05, 3.63) is 48.0 Å². The molecule has 2 aromatic carbocycles. The van der Waals surface area contributed by atoms with Gasteiger partial charge in [0.05, 0.1) is 19.3 Å². The maximum Gasteiger partial charge on any atom is 0.259 e. The second-order valence-corrected chi connectivity index (χ2v) is 4.30. The molecule has 5 heteroatoms. The number of anilines is 1. The molecule has 1 amide bonds. The number of phenols is 1. The summed E-state index contributed by atoms with van der Waals surface area (Å²) in [4.78, 5) is 12.2. The first-order valence-corrected chi connectivity index (χ1v) is 6.55. The number of amides is 1. The molecule has 0 saturated carbocycles. The quantitative estimate of drug-likeness (QED) is 0.887. The highest BCUT2D eigenvalue weighted by Gasteiger charge is 2.12. The van der Waals surface area contributed by atoms with Crippen LogP contribution in [0.2, 0.25) is 0 Å². The van der Waals surface area contributed by atoms with E-state index in [-0.39, 0.29) is 11.3 Å². The molecule has 0 radical (unpaired) electrons. The number of rotatable bonds is 5. The van der Waals surface area contributed by atoms with Crippen LogP contribution in [0.25, 0.3) is 0 Å². The molecular weight excluding hydrogens is 270 g/mol. The maximum atomic E-state index is 12.2. The van der Waals surface area contributed by atoms with Crippen molar-refractivity contribution in [2.24, 2.45) is 0 Å². The Hall–Kier alpha value is -2.69. The Morgan fingerprint density at radius 3 is 2.67 bits per heavy atom. The van der Waals surface area contributed by atoms with Crippen molar-refractivity contribution >= 4 is 11.6 Å². The number of aromatic hydroxyl groups is 1. The zero-order valence-electron chi connectivity index (χ0n) is 11.9. The van der Waals surface area contributed by atoms with Gasteiger partial charge in [-0.3, -0.25) is 4.79 Å². The Bertz CT molecular complexity index is 640. The summed E-state index contributed by atoms with van der Waals surface area (Å²) < 4.78 is 10.4. The first-order valence-electron chi connectivity index (χ1n) is 6.55. The number of carbonyl (C=O) groups excluding carboxylic acids is 1. The molecule has 0 unspecified atom stereocenters. The third kappa shape index (κ3) is 3.66. The van der Waals surface area contributed by atoms with Gasteiger partial charge in [-0.2, -0.15) is 0 Å². The van der Waals surface area contributed by atoms with Crippen molar-refractivity contribution in [2.75, 3.05) is 19.0 Å². The molecule has 21 heavy (non-hydrogen) atoms. The normalized spacial score (nSPS) is 10.0. The van der Waals surface area contributed by atoms with Crippen molar-refractivity contribution in [2.45, 2.75) is 6.92 Å². The van der Waals surface area contributed by atoms with Gasteiger partial charge in [-0.15, -0.1) is 0 Å². The fourth-order valence-corrected chi connectivity index (χ4v) is 1.86. The van der Waals surface area contributed by atoms with Gasteiger partial charge in [0.15, 0.2) is 0 Å². The smallest absolute Gasteiger partial charge is 0.259 e. The van der Waals surface area contributed by atoms with E-state index in [0.717, 1.165) is 0 Å². The van der Waals surface area contributed by atoms with E-state index in [9.17, 15) is 9.90 Å². The van der Waals surface area contributed by atoms with Crippen LogP contribution in [0, 0.1) is 0 Å². The minimum absolute atomic E-state index is 0.132. The lowest BCUT2D eigenvalue weighted by molar-refractivity contribution is 0.102. The van der Waals surface area contributed by atoms with Gasteiger partial charge in [0.1, 0.15) is 17.2 Å². The van der Waals surface area contributed by atoms with Crippen LogP contribution >= 0.6 is 0 Å². The van der Waals surface area contributed by atoms with E-state index in [1.54, 1.807) is 24.3 Å². The van der Waals surface area contributed by atoms with Crippen LogP contribution in [-0.4, -0.2) is 24.7 Å². The molecule has 0 fully saturated rings. The highest BCUT2D eigenvalue weighted by Crippen LogP contribution is 2.25. The molecule has 2 N–H and O–H groups in total. The maximum absolute atomic E-state index is 12.2. The first kappa shape index (κ1) is 14.7. The summed E-state index contributed by atoms with van der Waals surface area (Å²) in [7, 11) is 1.49. The topological polar surface area (TPSA) is 67.8 Å². The van der Waals surface area contributed by atoms with Crippen LogP contribution in [0.4, 0.5) is 5.69 Å². The Morgan fingerprint density at radius 2 is 2.00 bits per heavy atom. The molecule has 0 aliphatic carbocycles. The summed E-state index contributed by atoms with van der Waals surface area (Å²) in [5.74, 6) is 0.633. The molecule has 0 saturated heterocycles. The van der Waals surface area contributed by atoms with Crippen LogP contribution in [0.15, 0.2) is 42.5 Å². The number of nitrogens with one attached hydrogen (secondary N) is 1. The van der Waals surface area contributed by atoms with Crippen molar-refractivity contribution in [1.29, 1.82) is 0 Å². The number of methoxy groups -OCH3 is 1. The predicted octanol–water partition coefficient (Wildman–Crippen LogP) is 3.05. The molecular formula is C16H17NO4. The Morgan fingerprint density at radius 1 is 1.19 bits per heavy atom. The van der Waals surface area contributed by atoms with Crippen molar-refractivity contribution in [3.63, 3.8) is 0 Å². The monoisotopic (exact) mass is 287 g/mol. The van der Waals surface area contributed by atoms with E-state index < -0.39 is 5.91 Å². The summed E-state index contributed by atoms with van der Waals surface area (Å²) in [6, 6.07) is 11.6. The van der Waals surface area contributed by atoms with E-state index in [4.69, 9.17) is 9.47 Å². The number of hydrogen-bond donors (Lipinski definition) is 2. The van der Waals surface area contributed by atoms with Gasteiger partial charge in [-0.25, -0.2) is 0 Å². The molecule has 0 aromatic heterocycles. The summed E-state index contributed by atoms with van der Waals surface area (Å²) in [6.07, 6.45) is 0. The van der Waals surface area contributed by atoms with Crippen LogP contribution < -0.4 is 14.8 Å². The minimum Gasteiger partial charge on any atom is -0.507 e. The fourth-order valence-electron chi connectivity index (χ4n) is 1.86. The van der Waals surface area contributed by atoms with Crippen LogP contribution in [0.3, 0.4) is 0 Å². The van der Waals surface area contributed by atoms with Gasteiger partial charge in [0, 0.05) is 17.8 Å². The molecule has 0 atom stereocenters. The lowest BCUT2D eigenvalue weighted by atomic mass is 10.1. The average molecular weight is 287 g/mol. The molecule has 2 rings (SSSR count). The van der Waals surface area contributed by atoms with Crippen molar-refractivity contribution in [3.8, 4) is 17.2 Å². The summed E-state index contributed by atoms with van der Waals surface area (Å²) in [5, 5.41) is 12.6. The van der Waals surface area contributed by atoms with Crippen LogP contribution in [-0.2, 0) is 0 Å². The summed E-state index contributed by atoms with van der Waals surface area (Å²) >= 11 is 0. The Kier molecular flexibility index (Phi) is 4.66. The second-order valence-electron chi connectivity index (χ2n) is 4.30. The molecule has 110 valence electrons. The van der Waals surface area contributed by atoms with Gasteiger partial charge in [-0.1, -0.05) is 6.07 Å². The first-order chi connectivity index (χ1) is 10.1. The van der Waals surface area contributed by atoms with Gasteiger partial charge in [0.25, 0.3) is 5.91 Å². The predicted molar refractivity (Wildman–Crippen MR) is 80.2 cm³/mol. The Balaban J connectivity index is 2.16. The summed E-state index contributed by atoms with van der Waals surface area (Å²) in [5.41, 5.74) is 0.777. The number of carbonyl (C=O) groups is 1. The highest BCUT2D eigenvalue weighted by molar-refractivity contribution is 6.06. The molecule has 0 spiro atoms. The van der Waals surface area contributed by atoms with Gasteiger partial charge < -0.3 is 19.9 Å². The molecule has 5 nitrogen and oxygen atoms in total.